The Morgan fingerprint density at radius 2 is 1.94 bits per heavy atom. The van der Waals surface area contributed by atoms with Crippen molar-refractivity contribution in [3.05, 3.63) is 60.5 Å². The van der Waals surface area contributed by atoms with Crippen molar-refractivity contribution in [1.29, 1.82) is 5.41 Å². The molecule has 0 aromatic heterocycles. The molecule has 2 rings (SSSR count). The Morgan fingerprint density at radius 1 is 1.24 bits per heavy atom. The molecule has 1 aromatic rings. The number of halogens is 1. The fourth-order valence-corrected chi connectivity index (χ4v) is 4.40. The summed E-state index contributed by atoms with van der Waals surface area (Å²) in [4.78, 5) is 3.35. The number of benzene rings is 1. The highest BCUT2D eigenvalue weighted by atomic mass is 32.2. The standard InChI is InChI=1S/C20H34N4S.C7H9F/c1-5-13-24(15-16-9-10-16)25-17-11-12-19(22-6-2)18(14-17)20(21)23(7-3)8-4;1-3-5-6-7(8)4-2/h11-12,14,16,21-22H,5-10,13,15H2,1-4H3;3-6H,1H2,2H3/b;6-5-,7-4+. The number of allylic oxidation sites excluding steroid dienone is 5. The van der Waals surface area contributed by atoms with Crippen LogP contribution in [0.2, 0.25) is 0 Å². The second-order valence-corrected chi connectivity index (χ2v) is 9.12. The Hall–Kier alpha value is -2.05. The molecular weight excluding hydrogens is 431 g/mol. The predicted molar refractivity (Wildman–Crippen MR) is 145 cm³/mol. The maximum Gasteiger partial charge on any atom is 0.130 e. The molecule has 0 amide bonds. The van der Waals surface area contributed by atoms with Crippen LogP contribution >= 0.6 is 11.9 Å². The number of rotatable bonds is 13. The first-order valence-corrected chi connectivity index (χ1v) is 13.0. The van der Waals surface area contributed by atoms with Crippen LogP contribution in [0.25, 0.3) is 0 Å². The number of anilines is 1. The maximum absolute atomic E-state index is 12.0. The van der Waals surface area contributed by atoms with E-state index in [1.807, 2.05) is 11.9 Å². The van der Waals surface area contributed by atoms with Crippen molar-refractivity contribution in [2.45, 2.75) is 58.8 Å². The molecule has 6 heteroatoms. The van der Waals surface area contributed by atoms with E-state index >= 15 is 0 Å². The summed E-state index contributed by atoms with van der Waals surface area (Å²) in [6, 6.07) is 6.52. The summed E-state index contributed by atoms with van der Waals surface area (Å²) in [5, 5.41) is 12.1. The van der Waals surface area contributed by atoms with Crippen LogP contribution in [0.5, 0.6) is 0 Å². The van der Waals surface area contributed by atoms with Crippen molar-refractivity contribution in [1.82, 2.24) is 9.21 Å². The summed E-state index contributed by atoms with van der Waals surface area (Å²) >= 11 is 1.86. The molecule has 4 nitrogen and oxygen atoms in total. The van der Waals surface area contributed by atoms with Crippen LogP contribution < -0.4 is 5.32 Å². The van der Waals surface area contributed by atoms with Crippen molar-refractivity contribution >= 4 is 23.5 Å². The molecule has 1 aliphatic carbocycles. The molecule has 0 bridgehead atoms. The number of hydrogen-bond acceptors (Lipinski definition) is 4. The van der Waals surface area contributed by atoms with Gasteiger partial charge in [0.25, 0.3) is 0 Å². The number of nitrogens with one attached hydrogen (secondary N) is 2. The third-order valence-electron chi connectivity index (χ3n) is 5.23. The van der Waals surface area contributed by atoms with E-state index in [-0.39, 0.29) is 5.83 Å². The number of nitrogens with zero attached hydrogens (tertiary/aromatic N) is 2. The van der Waals surface area contributed by atoms with Crippen LogP contribution in [0, 0.1) is 11.3 Å². The number of hydrogen-bond donors (Lipinski definition) is 2. The molecular formula is C27H43FN4S. The molecule has 0 saturated heterocycles. The molecule has 0 unspecified atom stereocenters. The zero-order chi connectivity index (χ0) is 24.6. The van der Waals surface area contributed by atoms with E-state index in [0.29, 0.717) is 5.84 Å². The van der Waals surface area contributed by atoms with E-state index in [1.54, 1.807) is 13.0 Å². The molecule has 0 heterocycles. The lowest BCUT2D eigenvalue weighted by atomic mass is 10.1. The minimum Gasteiger partial charge on any atom is -0.385 e. The lowest BCUT2D eigenvalue weighted by Crippen LogP contribution is -2.31. The maximum atomic E-state index is 12.0. The highest BCUT2D eigenvalue weighted by molar-refractivity contribution is 7.97. The van der Waals surface area contributed by atoms with Crippen molar-refractivity contribution in [3.63, 3.8) is 0 Å². The Kier molecular flexibility index (Phi) is 14.5. The molecule has 2 N–H and O–H groups in total. The van der Waals surface area contributed by atoms with Gasteiger partial charge in [-0.2, -0.15) is 0 Å². The first kappa shape index (κ1) is 29.0. The molecule has 1 aliphatic rings. The van der Waals surface area contributed by atoms with Crippen molar-refractivity contribution in [2.24, 2.45) is 5.92 Å². The van der Waals surface area contributed by atoms with Crippen LogP contribution in [-0.2, 0) is 0 Å². The van der Waals surface area contributed by atoms with Gasteiger partial charge in [0.1, 0.15) is 11.7 Å². The van der Waals surface area contributed by atoms with Gasteiger partial charge in [-0.15, -0.1) is 0 Å². The van der Waals surface area contributed by atoms with Crippen molar-refractivity contribution in [2.75, 3.05) is 38.0 Å². The Morgan fingerprint density at radius 3 is 2.45 bits per heavy atom. The topological polar surface area (TPSA) is 42.4 Å². The molecule has 184 valence electrons. The van der Waals surface area contributed by atoms with Gasteiger partial charge in [-0.25, -0.2) is 8.70 Å². The first-order valence-electron chi connectivity index (χ1n) is 12.2. The highest BCUT2D eigenvalue weighted by Crippen LogP contribution is 2.34. The lowest BCUT2D eigenvalue weighted by Gasteiger charge is -2.25. The largest absolute Gasteiger partial charge is 0.385 e. The molecule has 0 atom stereocenters. The van der Waals surface area contributed by atoms with Crippen molar-refractivity contribution in [3.8, 4) is 0 Å². The zero-order valence-electron chi connectivity index (χ0n) is 21.2. The Balaban J connectivity index is 0.000000582. The number of amidine groups is 1. The summed E-state index contributed by atoms with van der Waals surface area (Å²) in [6.45, 7) is 18.5. The third kappa shape index (κ3) is 11.1. The molecule has 0 spiro atoms. The smallest absolute Gasteiger partial charge is 0.130 e. The van der Waals surface area contributed by atoms with E-state index in [0.717, 1.165) is 43.3 Å². The van der Waals surface area contributed by atoms with Crippen LogP contribution in [-0.4, -0.2) is 47.8 Å². The molecule has 1 aromatic carbocycles. The van der Waals surface area contributed by atoms with Crippen LogP contribution in [0.1, 0.15) is 59.4 Å². The van der Waals surface area contributed by atoms with E-state index in [1.165, 1.54) is 48.9 Å². The van der Waals surface area contributed by atoms with Gasteiger partial charge >= 0.3 is 0 Å². The van der Waals surface area contributed by atoms with E-state index < -0.39 is 0 Å². The van der Waals surface area contributed by atoms with Gasteiger partial charge < -0.3 is 10.2 Å². The Bertz CT molecular complexity index is 782. The molecule has 0 radical (unpaired) electrons. The Labute approximate surface area is 205 Å². The van der Waals surface area contributed by atoms with E-state index in [9.17, 15) is 4.39 Å². The fraction of sp³-hybridized carbons (Fsp3) is 0.519. The summed E-state index contributed by atoms with van der Waals surface area (Å²) in [5.74, 6) is 1.28. The van der Waals surface area contributed by atoms with E-state index in [2.05, 4.69) is 67.0 Å². The summed E-state index contributed by atoms with van der Waals surface area (Å²) in [6.07, 6.45) is 9.78. The summed E-state index contributed by atoms with van der Waals surface area (Å²) < 4.78 is 14.6. The normalized spacial score (nSPS) is 13.6. The minimum absolute atomic E-state index is 0.232. The summed E-state index contributed by atoms with van der Waals surface area (Å²) in [5.41, 5.74) is 2.08. The molecule has 0 aliphatic heterocycles. The molecule has 33 heavy (non-hydrogen) atoms. The molecule has 1 saturated carbocycles. The van der Waals surface area contributed by atoms with E-state index in [4.69, 9.17) is 5.41 Å². The quantitative estimate of drug-likeness (QED) is 0.134. The monoisotopic (exact) mass is 474 g/mol. The second kappa shape index (κ2) is 16.5. The minimum atomic E-state index is -0.232. The molecule has 1 fully saturated rings. The van der Waals surface area contributed by atoms with Crippen molar-refractivity contribution < 1.29 is 4.39 Å². The average molecular weight is 475 g/mol. The first-order chi connectivity index (χ1) is 15.9. The van der Waals surface area contributed by atoms with Gasteiger partial charge in [0, 0.05) is 48.9 Å². The van der Waals surface area contributed by atoms with Gasteiger partial charge in [0.2, 0.25) is 0 Å². The van der Waals surface area contributed by atoms with Gasteiger partial charge in [0.05, 0.1) is 0 Å². The van der Waals surface area contributed by atoms with Gasteiger partial charge in [0.15, 0.2) is 0 Å². The average Bonchev–Trinajstić information content (AvgIpc) is 3.64. The fourth-order valence-electron chi connectivity index (χ4n) is 3.25. The zero-order valence-corrected chi connectivity index (χ0v) is 22.0. The second-order valence-electron chi connectivity index (χ2n) is 7.95. The summed E-state index contributed by atoms with van der Waals surface area (Å²) in [7, 11) is 0. The highest BCUT2D eigenvalue weighted by Gasteiger charge is 2.24. The van der Waals surface area contributed by atoms with Crippen LogP contribution in [0.15, 0.2) is 59.8 Å². The predicted octanol–water partition coefficient (Wildman–Crippen LogP) is 7.52. The van der Waals surface area contributed by atoms with Gasteiger partial charge in [-0.3, -0.25) is 5.41 Å². The third-order valence-corrected chi connectivity index (χ3v) is 6.28. The SMILES string of the molecule is C=C/C=C\C(F)=C/C.CCCN(CC1CC1)Sc1ccc(NCC)c(C(=N)N(CC)CC)c1. The van der Waals surface area contributed by atoms with Crippen LogP contribution in [0.4, 0.5) is 10.1 Å². The lowest BCUT2D eigenvalue weighted by molar-refractivity contribution is 0.447. The van der Waals surface area contributed by atoms with Gasteiger partial charge in [-0.1, -0.05) is 31.7 Å². The van der Waals surface area contributed by atoms with Gasteiger partial charge in [-0.05, 0) is 89.1 Å². The van der Waals surface area contributed by atoms with Crippen LogP contribution in [0.3, 0.4) is 0 Å².